The van der Waals surface area contributed by atoms with Gasteiger partial charge in [-0.3, -0.25) is 14.4 Å². The predicted molar refractivity (Wildman–Crippen MR) is 118 cm³/mol. The van der Waals surface area contributed by atoms with Gasteiger partial charge in [0.05, 0.1) is 12.5 Å². The fraction of sp³-hybridized carbons (Fsp3) is 0.640. The van der Waals surface area contributed by atoms with E-state index in [2.05, 4.69) is 0 Å². The number of hydrogen-bond donors (Lipinski definition) is 2. The van der Waals surface area contributed by atoms with Gasteiger partial charge in [0.15, 0.2) is 0 Å². The Balaban J connectivity index is 2.39. The molecule has 0 radical (unpaired) electrons. The standard InChI is InChI=1S/C25H34O8/c1-12(2)15-10-16-19(17(28)11-15)25(6)18(32-13(3)26)8-9-24(5,23(30)31-7)22(25)21(20(16)29)33-14(4)27/h10-12,18,20-22,28-29H,8-9H2,1-7H3/t18-,20-,21-,22+,24-,25-/m1/s1. The van der Waals surface area contributed by atoms with E-state index in [0.717, 1.165) is 5.56 Å². The maximum Gasteiger partial charge on any atom is 0.311 e. The number of methoxy groups -OCH3 is 1. The van der Waals surface area contributed by atoms with Gasteiger partial charge in [0, 0.05) is 30.7 Å². The molecule has 0 unspecified atom stereocenters. The van der Waals surface area contributed by atoms with Crippen molar-refractivity contribution < 1.29 is 38.8 Å². The quantitative estimate of drug-likeness (QED) is 0.517. The van der Waals surface area contributed by atoms with E-state index >= 15 is 0 Å². The molecule has 2 aliphatic rings. The van der Waals surface area contributed by atoms with Crippen molar-refractivity contribution >= 4 is 17.9 Å². The smallest absolute Gasteiger partial charge is 0.311 e. The molecule has 33 heavy (non-hydrogen) atoms. The van der Waals surface area contributed by atoms with Gasteiger partial charge in [0.25, 0.3) is 0 Å². The third-order valence-corrected chi connectivity index (χ3v) is 7.52. The molecule has 6 atom stereocenters. The summed E-state index contributed by atoms with van der Waals surface area (Å²) in [7, 11) is 1.28. The highest BCUT2D eigenvalue weighted by Crippen LogP contribution is 2.62. The van der Waals surface area contributed by atoms with Crippen molar-refractivity contribution in [3.05, 3.63) is 28.8 Å². The van der Waals surface area contributed by atoms with Gasteiger partial charge in [-0.2, -0.15) is 0 Å². The maximum absolute atomic E-state index is 13.1. The van der Waals surface area contributed by atoms with Gasteiger partial charge in [0.1, 0.15) is 24.1 Å². The van der Waals surface area contributed by atoms with E-state index in [1.54, 1.807) is 26.0 Å². The highest BCUT2D eigenvalue weighted by atomic mass is 16.6. The lowest BCUT2D eigenvalue weighted by molar-refractivity contribution is -0.204. The molecule has 2 N–H and O–H groups in total. The summed E-state index contributed by atoms with van der Waals surface area (Å²) in [5.74, 6) is -2.48. The van der Waals surface area contributed by atoms with Crippen LogP contribution in [0.1, 0.15) is 83.1 Å². The van der Waals surface area contributed by atoms with Crippen LogP contribution in [0.25, 0.3) is 0 Å². The van der Waals surface area contributed by atoms with Gasteiger partial charge in [0.2, 0.25) is 0 Å². The molecular weight excluding hydrogens is 428 g/mol. The number of benzene rings is 1. The minimum Gasteiger partial charge on any atom is -0.508 e. The van der Waals surface area contributed by atoms with E-state index in [9.17, 15) is 24.6 Å². The van der Waals surface area contributed by atoms with E-state index < -0.39 is 53.0 Å². The number of ether oxygens (including phenoxy) is 3. The van der Waals surface area contributed by atoms with Crippen molar-refractivity contribution in [2.45, 2.75) is 84.0 Å². The minimum absolute atomic E-state index is 0.0575. The molecule has 0 heterocycles. The Morgan fingerprint density at radius 1 is 1.09 bits per heavy atom. The number of phenolic OH excluding ortho intramolecular Hbond substituents is 1. The van der Waals surface area contributed by atoms with E-state index in [4.69, 9.17) is 14.2 Å². The number of rotatable bonds is 4. The molecular formula is C25H34O8. The molecule has 0 aromatic heterocycles. The van der Waals surface area contributed by atoms with Gasteiger partial charge < -0.3 is 24.4 Å². The Morgan fingerprint density at radius 2 is 1.70 bits per heavy atom. The van der Waals surface area contributed by atoms with E-state index in [0.29, 0.717) is 17.5 Å². The molecule has 8 nitrogen and oxygen atoms in total. The summed E-state index contributed by atoms with van der Waals surface area (Å²) in [6.45, 7) is 9.96. The zero-order valence-corrected chi connectivity index (χ0v) is 20.3. The maximum atomic E-state index is 13.1. The number of hydrogen-bond acceptors (Lipinski definition) is 8. The van der Waals surface area contributed by atoms with Crippen LogP contribution in [0.3, 0.4) is 0 Å². The number of fused-ring (bicyclic) bond motifs is 3. The fourth-order valence-electron chi connectivity index (χ4n) is 6.12. The lowest BCUT2D eigenvalue weighted by Gasteiger charge is -2.59. The number of phenols is 1. The molecule has 182 valence electrons. The summed E-state index contributed by atoms with van der Waals surface area (Å²) in [5.41, 5.74) is -0.739. The monoisotopic (exact) mass is 462 g/mol. The zero-order valence-electron chi connectivity index (χ0n) is 20.3. The van der Waals surface area contributed by atoms with Gasteiger partial charge in [-0.25, -0.2) is 0 Å². The predicted octanol–water partition coefficient (Wildman–Crippen LogP) is 3.27. The largest absolute Gasteiger partial charge is 0.508 e. The summed E-state index contributed by atoms with van der Waals surface area (Å²) in [6, 6.07) is 3.43. The summed E-state index contributed by atoms with van der Waals surface area (Å²) < 4.78 is 16.5. The van der Waals surface area contributed by atoms with Crippen LogP contribution in [-0.4, -0.2) is 47.4 Å². The Hall–Kier alpha value is -2.61. The molecule has 1 fully saturated rings. The molecule has 0 amide bonds. The Morgan fingerprint density at radius 3 is 2.21 bits per heavy atom. The summed E-state index contributed by atoms with van der Waals surface area (Å²) in [6.07, 6.45) is -2.54. The molecule has 0 aliphatic heterocycles. The molecule has 8 heteroatoms. The average Bonchev–Trinajstić information content (AvgIpc) is 2.72. The molecule has 0 saturated heterocycles. The third kappa shape index (κ3) is 3.88. The van der Waals surface area contributed by atoms with E-state index in [1.807, 2.05) is 13.8 Å². The first-order chi connectivity index (χ1) is 15.3. The molecule has 2 aliphatic carbocycles. The van der Waals surface area contributed by atoms with Crippen LogP contribution in [0, 0.1) is 11.3 Å². The van der Waals surface area contributed by atoms with Crippen LogP contribution in [0.2, 0.25) is 0 Å². The summed E-state index contributed by atoms with van der Waals surface area (Å²) in [4.78, 5) is 37.2. The highest BCUT2D eigenvalue weighted by molar-refractivity contribution is 5.78. The Labute approximate surface area is 194 Å². The fourth-order valence-corrected chi connectivity index (χ4v) is 6.12. The first kappa shape index (κ1) is 25.0. The van der Waals surface area contributed by atoms with Crippen LogP contribution < -0.4 is 0 Å². The third-order valence-electron chi connectivity index (χ3n) is 7.52. The second-order valence-electron chi connectivity index (χ2n) is 9.98. The zero-order chi connectivity index (χ0) is 24.9. The lowest BCUT2D eigenvalue weighted by Crippen LogP contribution is -2.65. The minimum atomic E-state index is -1.30. The molecule has 3 rings (SSSR count). The number of aromatic hydroxyl groups is 1. The molecule has 1 aromatic rings. The number of esters is 3. The summed E-state index contributed by atoms with van der Waals surface area (Å²) >= 11 is 0. The topological polar surface area (TPSA) is 119 Å². The van der Waals surface area contributed by atoms with E-state index in [-0.39, 0.29) is 18.1 Å². The molecule has 0 bridgehead atoms. The second-order valence-corrected chi connectivity index (χ2v) is 9.98. The van der Waals surface area contributed by atoms with Crippen LogP contribution in [0.4, 0.5) is 0 Å². The Bertz CT molecular complexity index is 969. The normalized spacial score (nSPS) is 33.0. The van der Waals surface area contributed by atoms with Crippen molar-refractivity contribution in [2.75, 3.05) is 7.11 Å². The first-order valence-corrected chi connectivity index (χ1v) is 11.3. The first-order valence-electron chi connectivity index (χ1n) is 11.3. The second kappa shape index (κ2) is 8.63. The van der Waals surface area contributed by atoms with Crippen LogP contribution in [0.5, 0.6) is 5.75 Å². The lowest BCUT2D eigenvalue weighted by atomic mass is 9.47. The van der Waals surface area contributed by atoms with Gasteiger partial charge in [-0.05, 0) is 42.9 Å². The number of aliphatic hydroxyl groups excluding tert-OH is 1. The number of carbonyl (C=O) groups excluding carboxylic acids is 3. The van der Waals surface area contributed by atoms with Gasteiger partial charge in [-0.1, -0.05) is 26.8 Å². The molecule has 1 aromatic carbocycles. The SMILES string of the molecule is COC(=O)[C@]1(C)CC[C@@H](OC(C)=O)[C@]2(C)c3c(O)cc(C(C)C)cc3[C@@H](O)[C@@H](OC(C)=O)[C@H]21. The molecule has 1 saturated carbocycles. The van der Waals surface area contributed by atoms with Crippen LogP contribution >= 0.6 is 0 Å². The van der Waals surface area contributed by atoms with Crippen molar-refractivity contribution in [3.8, 4) is 5.75 Å². The molecule has 0 spiro atoms. The summed E-state index contributed by atoms with van der Waals surface area (Å²) in [5, 5.41) is 22.7. The number of carbonyl (C=O) groups is 3. The van der Waals surface area contributed by atoms with Crippen molar-refractivity contribution in [1.82, 2.24) is 0 Å². The van der Waals surface area contributed by atoms with Crippen LogP contribution in [0.15, 0.2) is 12.1 Å². The van der Waals surface area contributed by atoms with Crippen molar-refractivity contribution in [1.29, 1.82) is 0 Å². The average molecular weight is 463 g/mol. The van der Waals surface area contributed by atoms with E-state index in [1.165, 1.54) is 21.0 Å². The van der Waals surface area contributed by atoms with Crippen molar-refractivity contribution in [2.24, 2.45) is 11.3 Å². The number of aliphatic hydroxyl groups is 1. The van der Waals surface area contributed by atoms with Gasteiger partial charge in [-0.15, -0.1) is 0 Å². The van der Waals surface area contributed by atoms with Crippen LogP contribution in [-0.2, 0) is 34.0 Å². The highest BCUT2D eigenvalue weighted by Gasteiger charge is 2.67. The van der Waals surface area contributed by atoms with Crippen molar-refractivity contribution in [3.63, 3.8) is 0 Å². The Kier molecular flexibility index (Phi) is 6.54. The van der Waals surface area contributed by atoms with Gasteiger partial charge >= 0.3 is 17.9 Å².